The van der Waals surface area contributed by atoms with Crippen LogP contribution in [0.25, 0.3) is 0 Å². The molecule has 2 fully saturated rings. The molecule has 27 heavy (non-hydrogen) atoms. The Kier molecular flexibility index (Phi) is 7.13. The van der Waals surface area contributed by atoms with Crippen molar-refractivity contribution in [1.82, 2.24) is 9.80 Å². The maximum Gasteiger partial charge on any atom is 0.327 e. The number of ether oxygens (including phenoxy) is 1. The quantitative estimate of drug-likeness (QED) is 0.717. The average molecular weight is 393 g/mol. The van der Waals surface area contributed by atoms with Gasteiger partial charge in [0.1, 0.15) is 6.04 Å². The van der Waals surface area contributed by atoms with Crippen LogP contribution in [0.3, 0.4) is 0 Å². The second-order valence-corrected chi connectivity index (χ2v) is 7.98. The van der Waals surface area contributed by atoms with Crippen LogP contribution < -0.4 is 0 Å². The van der Waals surface area contributed by atoms with Crippen LogP contribution in [-0.2, 0) is 14.3 Å². The van der Waals surface area contributed by atoms with Gasteiger partial charge in [0, 0.05) is 37.6 Å². The maximum absolute atomic E-state index is 12.7. The predicted molar refractivity (Wildman–Crippen MR) is 106 cm³/mol. The van der Waals surface area contributed by atoms with Crippen molar-refractivity contribution >= 4 is 23.5 Å². The molecule has 0 spiro atoms. The number of rotatable bonds is 5. The first-order chi connectivity index (χ1) is 13.1. The molecule has 1 aliphatic carbocycles. The zero-order valence-electron chi connectivity index (χ0n) is 16.0. The molecule has 1 unspecified atom stereocenters. The Bertz CT molecular complexity index is 653. The highest BCUT2D eigenvalue weighted by molar-refractivity contribution is 6.31. The molecule has 6 heteroatoms. The van der Waals surface area contributed by atoms with E-state index >= 15 is 0 Å². The Balaban J connectivity index is 1.61. The molecule has 0 radical (unpaired) electrons. The van der Waals surface area contributed by atoms with Crippen molar-refractivity contribution in [2.45, 2.75) is 44.6 Å². The summed E-state index contributed by atoms with van der Waals surface area (Å²) in [5.74, 6) is 0.495. The van der Waals surface area contributed by atoms with Gasteiger partial charge in [-0.1, -0.05) is 49.1 Å². The molecule has 0 aromatic heterocycles. The van der Waals surface area contributed by atoms with Crippen molar-refractivity contribution in [3.05, 3.63) is 34.9 Å². The van der Waals surface area contributed by atoms with Crippen molar-refractivity contribution < 1.29 is 14.3 Å². The number of methoxy groups -OCH3 is 1. The van der Waals surface area contributed by atoms with Gasteiger partial charge in [-0.3, -0.25) is 9.69 Å². The minimum Gasteiger partial charge on any atom is -0.468 e. The van der Waals surface area contributed by atoms with E-state index in [2.05, 4.69) is 4.90 Å². The first-order valence-electron chi connectivity index (χ1n) is 9.94. The van der Waals surface area contributed by atoms with Crippen LogP contribution in [0.5, 0.6) is 0 Å². The first-order valence-corrected chi connectivity index (χ1v) is 10.3. The van der Waals surface area contributed by atoms with Crippen LogP contribution in [0.1, 0.15) is 50.1 Å². The minimum absolute atomic E-state index is 0.258. The molecule has 1 aromatic rings. The first kappa shape index (κ1) is 20.2. The fourth-order valence-corrected chi connectivity index (χ4v) is 4.52. The van der Waals surface area contributed by atoms with Gasteiger partial charge < -0.3 is 9.64 Å². The summed E-state index contributed by atoms with van der Waals surface area (Å²) >= 11 is 6.33. The zero-order valence-corrected chi connectivity index (χ0v) is 16.8. The van der Waals surface area contributed by atoms with E-state index in [0.29, 0.717) is 43.5 Å². The summed E-state index contributed by atoms with van der Waals surface area (Å²) in [5, 5.41) is 0.559. The average Bonchev–Trinajstić information content (AvgIpc) is 2.70. The molecule has 148 valence electrons. The molecular formula is C21H29ClN2O3. The summed E-state index contributed by atoms with van der Waals surface area (Å²) in [5.41, 5.74) is 0.757. The molecule has 1 saturated heterocycles. The summed E-state index contributed by atoms with van der Waals surface area (Å²) < 4.78 is 5.03. The Hall–Kier alpha value is -1.59. The fourth-order valence-electron chi connectivity index (χ4n) is 4.28. The summed E-state index contributed by atoms with van der Waals surface area (Å²) in [7, 11) is 1.40. The number of carbonyl (C=O) groups excluding carboxylic acids is 2. The summed E-state index contributed by atoms with van der Waals surface area (Å²) in [4.78, 5) is 29.1. The summed E-state index contributed by atoms with van der Waals surface area (Å²) in [6.07, 6.45) is 6.85. The Labute approximate surface area is 166 Å². The molecular weight excluding hydrogens is 364 g/mol. The van der Waals surface area contributed by atoms with Gasteiger partial charge in [0.05, 0.1) is 7.11 Å². The normalized spacial score (nSPS) is 20.3. The van der Waals surface area contributed by atoms with Gasteiger partial charge in [-0.25, -0.2) is 4.79 Å². The van der Waals surface area contributed by atoms with Crippen LogP contribution in [0.15, 0.2) is 24.3 Å². The second-order valence-electron chi connectivity index (χ2n) is 7.57. The molecule has 1 aromatic carbocycles. The Morgan fingerprint density at radius 2 is 1.78 bits per heavy atom. The third-order valence-corrected chi connectivity index (χ3v) is 6.19. The number of piperazine rings is 1. The van der Waals surface area contributed by atoms with Crippen molar-refractivity contribution in [2.24, 2.45) is 5.92 Å². The highest BCUT2D eigenvalue weighted by Crippen LogP contribution is 2.30. The number of nitrogens with zero attached hydrogens (tertiary/aromatic N) is 2. The third kappa shape index (κ3) is 5.02. The van der Waals surface area contributed by atoms with Gasteiger partial charge >= 0.3 is 5.97 Å². The molecule has 1 saturated carbocycles. The lowest BCUT2D eigenvalue weighted by Crippen LogP contribution is -2.51. The van der Waals surface area contributed by atoms with Gasteiger partial charge in [0.15, 0.2) is 0 Å². The molecule has 1 aliphatic heterocycles. The third-order valence-electron chi connectivity index (χ3n) is 5.84. The number of esters is 1. The van der Waals surface area contributed by atoms with Gasteiger partial charge in [0.2, 0.25) is 5.91 Å². The largest absolute Gasteiger partial charge is 0.468 e. The van der Waals surface area contributed by atoms with E-state index in [-0.39, 0.29) is 11.9 Å². The maximum atomic E-state index is 12.7. The van der Waals surface area contributed by atoms with E-state index in [0.717, 1.165) is 5.56 Å². The van der Waals surface area contributed by atoms with Gasteiger partial charge in [-0.2, -0.15) is 0 Å². The molecule has 1 heterocycles. The monoisotopic (exact) mass is 392 g/mol. The lowest BCUT2D eigenvalue weighted by Gasteiger charge is -2.39. The lowest BCUT2D eigenvalue weighted by atomic mass is 9.86. The number of carbonyl (C=O) groups is 2. The molecule has 2 aliphatic rings. The van der Waals surface area contributed by atoms with Crippen LogP contribution in [-0.4, -0.2) is 55.0 Å². The van der Waals surface area contributed by atoms with E-state index in [4.69, 9.17) is 16.3 Å². The zero-order chi connectivity index (χ0) is 19.2. The topological polar surface area (TPSA) is 49.9 Å². The van der Waals surface area contributed by atoms with Gasteiger partial charge in [0.25, 0.3) is 0 Å². The van der Waals surface area contributed by atoms with E-state index < -0.39 is 6.04 Å². The molecule has 1 atom stereocenters. The van der Waals surface area contributed by atoms with E-state index in [1.54, 1.807) is 6.07 Å². The number of amides is 1. The summed E-state index contributed by atoms with van der Waals surface area (Å²) in [6.45, 7) is 2.57. The second kappa shape index (κ2) is 9.56. The fraction of sp³-hybridized carbons (Fsp3) is 0.619. The van der Waals surface area contributed by atoms with Crippen LogP contribution >= 0.6 is 11.6 Å². The van der Waals surface area contributed by atoms with E-state index in [1.165, 1.54) is 39.2 Å². The highest BCUT2D eigenvalue weighted by atomic mass is 35.5. The number of hydrogen-bond donors (Lipinski definition) is 0. The minimum atomic E-state index is -0.528. The summed E-state index contributed by atoms with van der Waals surface area (Å²) in [6, 6.07) is 6.85. The highest BCUT2D eigenvalue weighted by Gasteiger charge is 2.33. The van der Waals surface area contributed by atoms with E-state index in [1.807, 2.05) is 23.1 Å². The number of benzene rings is 1. The van der Waals surface area contributed by atoms with Crippen LogP contribution in [0.4, 0.5) is 0 Å². The van der Waals surface area contributed by atoms with Crippen LogP contribution in [0.2, 0.25) is 5.02 Å². The predicted octanol–water partition coefficient (Wildman–Crippen LogP) is 3.67. The van der Waals surface area contributed by atoms with Crippen LogP contribution in [0, 0.1) is 5.92 Å². The SMILES string of the molecule is COC(=O)C(c1ccccc1Cl)N1CCN(C(=O)CC2CCCCC2)CC1. The molecule has 5 nitrogen and oxygen atoms in total. The Morgan fingerprint density at radius 3 is 2.41 bits per heavy atom. The van der Waals surface area contributed by atoms with Crippen molar-refractivity contribution in [3.8, 4) is 0 Å². The standard InChI is InChI=1S/C21H29ClN2O3/c1-27-21(26)20(17-9-5-6-10-18(17)22)24-13-11-23(12-14-24)19(25)15-16-7-3-2-4-8-16/h5-6,9-10,16,20H,2-4,7-8,11-15H2,1H3. The lowest BCUT2D eigenvalue weighted by molar-refractivity contribution is -0.148. The van der Waals surface area contributed by atoms with Crippen molar-refractivity contribution in [3.63, 3.8) is 0 Å². The Morgan fingerprint density at radius 1 is 1.11 bits per heavy atom. The molecule has 0 bridgehead atoms. The van der Waals surface area contributed by atoms with E-state index in [9.17, 15) is 9.59 Å². The van der Waals surface area contributed by atoms with Crippen molar-refractivity contribution in [2.75, 3.05) is 33.3 Å². The smallest absolute Gasteiger partial charge is 0.327 e. The van der Waals surface area contributed by atoms with Gasteiger partial charge in [-0.15, -0.1) is 0 Å². The molecule has 3 rings (SSSR count). The number of hydrogen-bond acceptors (Lipinski definition) is 4. The molecule has 0 N–H and O–H groups in total. The van der Waals surface area contributed by atoms with Crippen molar-refractivity contribution in [1.29, 1.82) is 0 Å². The van der Waals surface area contributed by atoms with Gasteiger partial charge in [-0.05, 0) is 30.4 Å². The molecule has 1 amide bonds. The number of halogens is 1.